The van der Waals surface area contributed by atoms with Crippen LogP contribution in [0.1, 0.15) is 53.4 Å². The highest BCUT2D eigenvalue weighted by molar-refractivity contribution is 5.77. The second-order valence-corrected chi connectivity index (χ2v) is 6.62. The van der Waals surface area contributed by atoms with E-state index in [-0.39, 0.29) is 17.9 Å². The summed E-state index contributed by atoms with van der Waals surface area (Å²) in [5, 5.41) is 8.99. The van der Waals surface area contributed by atoms with Crippen LogP contribution in [0.3, 0.4) is 0 Å². The topological polar surface area (TPSA) is 40.5 Å². The van der Waals surface area contributed by atoms with Gasteiger partial charge in [0, 0.05) is 19.0 Å². The van der Waals surface area contributed by atoms with Crippen LogP contribution in [0.25, 0.3) is 0 Å². The molecule has 0 saturated heterocycles. The van der Waals surface area contributed by atoms with Gasteiger partial charge in [0.15, 0.2) is 0 Å². The summed E-state index contributed by atoms with van der Waals surface area (Å²) in [5.74, 6) is 0.640. The molecule has 1 rings (SSSR count). The fraction of sp³-hybridized carbons (Fsp3) is 0.929. The van der Waals surface area contributed by atoms with Gasteiger partial charge in [-0.15, -0.1) is 0 Å². The van der Waals surface area contributed by atoms with E-state index in [1.165, 1.54) is 0 Å². The molecule has 1 fully saturated rings. The third-order valence-electron chi connectivity index (χ3n) is 3.13. The molecule has 1 unspecified atom stereocenters. The Morgan fingerprint density at radius 3 is 2.41 bits per heavy atom. The quantitative estimate of drug-likeness (QED) is 0.776. The van der Waals surface area contributed by atoms with Gasteiger partial charge in [0.25, 0.3) is 0 Å². The van der Waals surface area contributed by atoms with Crippen molar-refractivity contribution in [3.63, 3.8) is 0 Å². The van der Waals surface area contributed by atoms with E-state index in [0.717, 1.165) is 19.3 Å². The fourth-order valence-electron chi connectivity index (χ4n) is 2.54. The van der Waals surface area contributed by atoms with Gasteiger partial charge in [-0.1, -0.05) is 27.7 Å². The monoisotopic (exact) mass is 241 g/mol. The third kappa shape index (κ3) is 5.53. The number of aliphatic hydroxyl groups is 1. The van der Waals surface area contributed by atoms with Gasteiger partial charge in [0.1, 0.15) is 0 Å². The Kier molecular flexibility index (Phi) is 4.99. The SMILES string of the molecule is CC(CC(=O)N(CCO)C1CC1)CC(C)(C)C. The average molecular weight is 241 g/mol. The molecular formula is C14H27NO2. The first kappa shape index (κ1) is 14.5. The minimum Gasteiger partial charge on any atom is -0.395 e. The lowest BCUT2D eigenvalue weighted by molar-refractivity contribution is -0.133. The van der Waals surface area contributed by atoms with Crippen LogP contribution < -0.4 is 0 Å². The maximum atomic E-state index is 12.1. The maximum Gasteiger partial charge on any atom is 0.223 e. The van der Waals surface area contributed by atoms with E-state index >= 15 is 0 Å². The number of aliphatic hydroxyl groups excluding tert-OH is 1. The second kappa shape index (κ2) is 5.85. The number of carbonyl (C=O) groups excluding carboxylic acids is 1. The first-order chi connectivity index (χ1) is 7.83. The van der Waals surface area contributed by atoms with Crippen molar-refractivity contribution >= 4 is 5.91 Å². The highest BCUT2D eigenvalue weighted by Crippen LogP contribution is 2.30. The molecule has 0 aromatic heterocycles. The summed E-state index contributed by atoms with van der Waals surface area (Å²) >= 11 is 0. The molecule has 1 saturated carbocycles. The number of hydrogen-bond acceptors (Lipinski definition) is 2. The largest absolute Gasteiger partial charge is 0.395 e. The Morgan fingerprint density at radius 1 is 1.41 bits per heavy atom. The molecule has 0 aromatic rings. The standard InChI is InChI=1S/C14H27NO2/c1-11(10-14(2,3)4)9-13(17)15(7-8-16)12-5-6-12/h11-12,16H,5-10H2,1-4H3. The van der Waals surface area contributed by atoms with Gasteiger partial charge in [-0.3, -0.25) is 4.79 Å². The average Bonchev–Trinajstić information content (AvgIpc) is 2.93. The van der Waals surface area contributed by atoms with Crippen molar-refractivity contribution in [2.45, 2.75) is 59.4 Å². The zero-order valence-corrected chi connectivity index (χ0v) is 11.7. The number of nitrogens with zero attached hydrogens (tertiary/aromatic N) is 1. The lowest BCUT2D eigenvalue weighted by atomic mass is 9.84. The molecule has 1 aliphatic carbocycles. The first-order valence-corrected chi connectivity index (χ1v) is 6.74. The molecule has 3 heteroatoms. The minimum absolute atomic E-state index is 0.0793. The molecule has 0 spiro atoms. The fourth-order valence-corrected chi connectivity index (χ4v) is 2.54. The Balaban J connectivity index is 2.40. The Bertz CT molecular complexity index is 253. The predicted molar refractivity (Wildman–Crippen MR) is 69.7 cm³/mol. The molecule has 0 radical (unpaired) electrons. The van der Waals surface area contributed by atoms with Gasteiger partial charge in [-0.2, -0.15) is 0 Å². The van der Waals surface area contributed by atoms with Gasteiger partial charge < -0.3 is 10.0 Å². The summed E-state index contributed by atoms with van der Waals surface area (Å²) in [6.45, 7) is 9.36. The van der Waals surface area contributed by atoms with Crippen LogP contribution in [0.2, 0.25) is 0 Å². The van der Waals surface area contributed by atoms with Gasteiger partial charge in [0.2, 0.25) is 5.91 Å². The van der Waals surface area contributed by atoms with Crippen molar-refractivity contribution in [1.82, 2.24) is 4.90 Å². The highest BCUT2D eigenvalue weighted by Gasteiger charge is 2.32. The Morgan fingerprint density at radius 2 is 2.00 bits per heavy atom. The molecule has 0 heterocycles. The molecule has 1 atom stereocenters. The van der Waals surface area contributed by atoms with Crippen molar-refractivity contribution in [3.05, 3.63) is 0 Å². The Hall–Kier alpha value is -0.570. The van der Waals surface area contributed by atoms with Gasteiger partial charge in [-0.25, -0.2) is 0 Å². The van der Waals surface area contributed by atoms with Gasteiger partial charge >= 0.3 is 0 Å². The maximum absolute atomic E-state index is 12.1. The van der Waals surface area contributed by atoms with Crippen LogP contribution in [0.15, 0.2) is 0 Å². The third-order valence-corrected chi connectivity index (χ3v) is 3.13. The normalized spacial score (nSPS) is 17.9. The smallest absolute Gasteiger partial charge is 0.223 e. The van der Waals surface area contributed by atoms with Crippen LogP contribution in [-0.4, -0.2) is 35.1 Å². The number of amides is 1. The predicted octanol–water partition coefficient (Wildman–Crippen LogP) is 2.43. The van der Waals surface area contributed by atoms with E-state index in [9.17, 15) is 4.79 Å². The minimum atomic E-state index is 0.0793. The van der Waals surface area contributed by atoms with Crippen molar-refractivity contribution in [3.8, 4) is 0 Å². The summed E-state index contributed by atoms with van der Waals surface area (Å²) in [6.07, 6.45) is 3.91. The molecule has 100 valence electrons. The lowest BCUT2D eigenvalue weighted by Crippen LogP contribution is -2.36. The van der Waals surface area contributed by atoms with Crippen molar-refractivity contribution in [2.75, 3.05) is 13.2 Å². The van der Waals surface area contributed by atoms with Crippen LogP contribution in [0, 0.1) is 11.3 Å². The van der Waals surface area contributed by atoms with Gasteiger partial charge in [0.05, 0.1) is 6.61 Å². The number of rotatable bonds is 6. The molecule has 0 aliphatic heterocycles. The van der Waals surface area contributed by atoms with E-state index in [1.54, 1.807) is 0 Å². The number of hydrogen-bond donors (Lipinski definition) is 1. The molecule has 0 bridgehead atoms. The van der Waals surface area contributed by atoms with E-state index in [2.05, 4.69) is 27.7 Å². The molecule has 1 amide bonds. The van der Waals surface area contributed by atoms with E-state index in [4.69, 9.17) is 5.11 Å². The Labute approximate surface area is 105 Å². The molecular weight excluding hydrogens is 214 g/mol. The first-order valence-electron chi connectivity index (χ1n) is 6.74. The van der Waals surface area contributed by atoms with Crippen molar-refractivity contribution < 1.29 is 9.90 Å². The van der Waals surface area contributed by atoms with E-state index < -0.39 is 0 Å². The van der Waals surface area contributed by atoms with Crippen LogP contribution in [0.5, 0.6) is 0 Å². The number of carbonyl (C=O) groups is 1. The molecule has 1 N–H and O–H groups in total. The summed E-state index contributed by atoms with van der Waals surface area (Å²) < 4.78 is 0. The molecule has 1 aliphatic rings. The summed E-state index contributed by atoms with van der Waals surface area (Å²) in [7, 11) is 0. The highest BCUT2D eigenvalue weighted by atomic mass is 16.3. The van der Waals surface area contributed by atoms with Crippen molar-refractivity contribution in [2.24, 2.45) is 11.3 Å². The molecule has 0 aromatic carbocycles. The van der Waals surface area contributed by atoms with Crippen LogP contribution >= 0.6 is 0 Å². The molecule has 17 heavy (non-hydrogen) atoms. The zero-order valence-electron chi connectivity index (χ0n) is 11.7. The van der Waals surface area contributed by atoms with E-state index in [0.29, 0.717) is 24.9 Å². The summed E-state index contributed by atoms with van der Waals surface area (Å²) in [4.78, 5) is 14.0. The van der Waals surface area contributed by atoms with Crippen LogP contribution in [-0.2, 0) is 4.79 Å². The summed E-state index contributed by atoms with van der Waals surface area (Å²) in [5.41, 5.74) is 0.279. The van der Waals surface area contributed by atoms with Crippen LogP contribution in [0.4, 0.5) is 0 Å². The second-order valence-electron chi connectivity index (χ2n) is 6.62. The summed E-state index contributed by atoms with van der Waals surface area (Å²) in [6, 6.07) is 0.413. The zero-order chi connectivity index (χ0) is 13.1. The molecule has 3 nitrogen and oxygen atoms in total. The van der Waals surface area contributed by atoms with Crippen molar-refractivity contribution in [1.29, 1.82) is 0 Å². The van der Waals surface area contributed by atoms with E-state index in [1.807, 2.05) is 4.90 Å². The van der Waals surface area contributed by atoms with Gasteiger partial charge in [-0.05, 0) is 30.6 Å². The lowest BCUT2D eigenvalue weighted by Gasteiger charge is -2.26.